The van der Waals surface area contributed by atoms with Crippen molar-refractivity contribution < 1.29 is 4.79 Å². The Morgan fingerprint density at radius 1 is 1.07 bits per heavy atom. The Morgan fingerprint density at radius 3 is 2.41 bits per heavy atom. The zero-order valence-electron chi connectivity index (χ0n) is 16.2. The van der Waals surface area contributed by atoms with Crippen molar-refractivity contribution in [1.29, 1.82) is 0 Å². The van der Waals surface area contributed by atoms with Crippen molar-refractivity contribution in [2.45, 2.75) is 25.9 Å². The predicted octanol–water partition coefficient (Wildman–Crippen LogP) is 3.45. The summed E-state index contributed by atoms with van der Waals surface area (Å²) < 4.78 is 0. The molecular weight excluding hydrogens is 358 g/mol. The minimum absolute atomic E-state index is 0. The van der Waals surface area contributed by atoms with E-state index in [-0.39, 0.29) is 24.2 Å². The second-order valence-corrected chi connectivity index (χ2v) is 7.33. The van der Waals surface area contributed by atoms with Crippen LogP contribution in [0.3, 0.4) is 0 Å². The molecule has 5 heteroatoms. The largest absolute Gasteiger partial charge is 0.352 e. The second-order valence-electron chi connectivity index (χ2n) is 7.33. The first-order chi connectivity index (χ1) is 12.6. The van der Waals surface area contributed by atoms with Gasteiger partial charge >= 0.3 is 0 Å². The van der Waals surface area contributed by atoms with E-state index in [2.05, 4.69) is 72.1 Å². The molecule has 2 N–H and O–H groups in total. The Morgan fingerprint density at radius 2 is 1.74 bits per heavy atom. The molecule has 2 aromatic rings. The quantitative estimate of drug-likeness (QED) is 0.797. The van der Waals surface area contributed by atoms with Gasteiger partial charge < -0.3 is 15.5 Å². The minimum Gasteiger partial charge on any atom is -0.352 e. The van der Waals surface area contributed by atoms with Crippen LogP contribution < -0.4 is 10.6 Å². The molecule has 0 spiro atoms. The van der Waals surface area contributed by atoms with Gasteiger partial charge in [-0.05, 0) is 62.3 Å². The van der Waals surface area contributed by atoms with Crippen molar-refractivity contribution in [3.8, 4) is 11.1 Å². The first-order valence-corrected chi connectivity index (χ1v) is 9.44. The zero-order valence-corrected chi connectivity index (χ0v) is 17.0. The maximum absolute atomic E-state index is 12.4. The number of carbonyl (C=O) groups excluding carboxylic acids is 1. The number of hydrogen-bond acceptors (Lipinski definition) is 3. The monoisotopic (exact) mass is 387 g/mol. The highest BCUT2D eigenvalue weighted by atomic mass is 35.5. The van der Waals surface area contributed by atoms with E-state index in [0.717, 1.165) is 38.0 Å². The van der Waals surface area contributed by atoms with Crippen molar-refractivity contribution in [3.05, 3.63) is 59.7 Å². The number of hydrogen-bond donors (Lipinski definition) is 2. The van der Waals surface area contributed by atoms with Gasteiger partial charge in [0.15, 0.2) is 0 Å². The fourth-order valence-electron chi connectivity index (χ4n) is 3.52. The first kappa shape index (κ1) is 21.4. The van der Waals surface area contributed by atoms with Crippen LogP contribution in [0.1, 0.15) is 24.0 Å². The van der Waals surface area contributed by atoms with Crippen molar-refractivity contribution in [2.75, 3.05) is 27.2 Å². The van der Waals surface area contributed by atoms with Gasteiger partial charge in [0, 0.05) is 19.0 Å². The van der Waals surface area contributed by atoms with E-state index in [4.69, 9.17) is 0 Å². The fraction of sp³-hybridized carbons (Fsp3) is 0.409. The molecule has 1 fully saturated rings. The van der Waals surface area contributed by atoms with Gasteiger partial charge in [-0.3, -0.25) is 4.79 Å². The number of rotatable bonds is 6. The maximum atomic E-state index is 12.4. The van der Waals surface area contributed by atoms with Crippen LogP contribution in [0.25, 0.3) is 11.1 Å². The van der Waals surface area contributed by atoms with Gasteiger partial charge in [0.25, 0.3) is 0 Å². The smallest absolute Gasteiger partial charge is 0.223 e. The lowest BCUT2D eigenvalue weighted by atomic mass is 9.96. The average molecular weight is 388 g/mol. The van der Waals surface area contributed by atoms with E-state index in [1.807, 2.05) is 6.07 Å². The molecule has 0 atom stereocenters. The van der Waals surface area contributed by atoms with Crippen molar-refractivity contribution in [3.63, 3.8) is 0 Å². The van der Waals surface area contributed by atoms with Crippen LogP contribution >= 0.6 is 12.4 Å². The summed E-state index contributed by atoms with van der Waals surface area (Å²) in [5, 5.41) is 6.45. The van der Waals surface area contributed by atoms with E-state index in [9.17, 15) is 4.79 Å². The summed E-state index contributed by atoms with van der Waals surface area (Å²) in [6, 6.07) is 17.0. The molecule has 1 aliphatic rings. The molecule has 0 radical (unpaired) electrons. The predicted molar refractivity (Wildman–Crippen MR) is 114 cm³/mol. The highest BCUT2D eigenvalue weighted by Gasteiger charge is 2.20. The highest BCUT2D eigenvalue weighted by molar-refractivity contribution is 5.85. The van der Waals surface area contributed by atoms with E-state index in [1.54, 1.807) is 0 Å². The Labute approximate surface area is 168 Å². The molecule has 0 aromatic heterocycles. The lowest BCUT2D eigenvalue weighted by Gasteiger charge is -2.22. The van der Waals surface area contributed by atoms with E-state index >= 15 is 0 Å². The summed E-state index contributed by atoms with van der Waals surface area (Å²) in [5.74, 6) is 0.330. The van der Waals surface area contributed by atoms with Crippen LogP contribution in [-0.4, -0.2) is 38.0 Å². The number of nitrogens with one attached hydrogen (secondary N) is 2. The molecular formula is C22H30ClN3O. The van der Waals surface area contributed by atoms with Crippen LogP contribution in [0.5, 0.6) is 0 Å². The normalized spacial score (nSPS) is 14.6. The molecule has 0 saturated carbocycles. The van der Waals surface area contributed by atoms with E-state index in [0.29, 0.717) is 6.54 Å². The summed E-state index contributed by atoms with van der Waals surface area (Å²) in [6.07, 6.45) is 1.86. The van der Waals surface area contributed by atoms with Crippen LogP contribution in [0.15, 0.2) is 48.5 Å². The van der Waals surface area contributed by atoms with Crippen molar-refractivity contribution in [2.24, 2.45) is 5.92 Å². The van der Waals surface area contributed by atoms with Crippen molar-refractivity contribution >= 4 is 18.3 Å². The van der Waals surface area contributed by atoms with Gasteiger partial charge in [0.1, 0.15) is 0 Å². The number of nitrogens with zero attached hydrogens (tertiary/aromatic N) is 1. The third-order valence-electron chi connectivity index (χ3n) is 4.94. The SMILES string of the molecule is CN(C)Cc1ccc(-c2ccccc2CNC(=O)C2CCNCC2)cc1.Cl. The summed E-state index contributed by atoms with van der Waals surface area (Å²) in [7, 11) is 4.16. The molecule has 4 nitrogen and oxygen atoms in total. The molecule has 146 valence electrons. The average Bonchev–Trinajstić information content (AvgIpc) is 2.67. The molecule has 0 aliphatic carbocycles. The van der Waals surface area contributed by atoms with Gasteiger partial charge in [0.2, 0.25) is 5.91 Å². The highest BCUT2D eigenvalue weighted by Crippen LogP contribution is 2.24. The molecule has 1 aliphatic heterocycles. The Hall–Kier alpha value is -1.88. The van der Waals surface area contributed by atoms with E-state index in [1.165, 1.54) is 16.7 Å². The number of benzene rings is 2. The number of halogens is 1. The number of piperidine rings is 1. The molecule has 2 aromatic carbocycles. The molecule has 0 bridgehead atoms. The third kappa shape index (κ3) is 6.06. The van der Waals surface area contributed by atoms with Gasteiger partial charge in [-0.15, -0.1) is 12.4 Å². The van der Waals surface area contributed by atoms with Gasteiger partial charge in [0.05, 0.1) is 0 Å². The van der Waals surface area contributed by atoms with Crippen LogP contribution in [0.4, 0.5) is 0 Å². The fourth-order valence-corrected chi connectivity index (χ4v) is 3.52. The lowest BCUT2D eigenvalue weighted by Crippen LogP contribution is -2.37. The minimum atomic E-state index is 0. The number of amides is 1. The van der Waals surface area contributed by atoms with E-state index < -0.39 is 0 Å². The molecule has 1 amide bonds. The van der Waals surface area contributed by atoms with Gasteiger partial charge in [-0.25, -0.2) is 0 Å². The zero-order chi connectivity index (χ0) is 18.4. The standard InChI is InChI=1S/C22H29N3O.ClH/c1-25(2)16-17-7-9-18(10-8-17)21-6-4-3-5-20(21)15-24-22(26)19-11-13-23-14-12-19;/h3-10,19,23H,11-16H2,1-2H3,(H,24,26);1H. The van der Waals surface area contributed by atoms with Crippen LogP contribution in [-0.2, 0) is 17.9 Å². The third-order valence-corrected chi connectivity index (χ3v) is 4.94. The maximum Gasteiger partial charge on any atom is 0.223 e. The van der Waals surface area contributed by atoms with Crippen molar-refractivity contribution in [1.82, 2.24) is 15.5 Å². The first-order valence-electron chi connectivity index (χ1n) is 9.44. The molecule has 1 heterocycles. The summed E-state index contributed by atoms with van der Waals surface area (Å²) in [5.41, 5.74) is 4.85. The van der Waals surface area contributed by atoms with Gasteiger partial charge in [-0.2, -0.15) is 0 Å². The Kier molecular flexibility index (Phi) is 8.29. The van der Waals surface area contributed by atoms with Gasteiger partial charge in [-0.1, -0.05) is 48.5 Å². The number of carbonyl (C=O) groups is 1. The molecule has 0 unspecified atom stereocenters. The topological polar surface area (TPSA) is 44.4 Å². The Bertz CT molecular complexity index is 725. The summed E-state index contributed by atoms with van der Waals surface area (Å²) in [6.45, 7) is 3.40. The molecule has 1 saturated heterocycles. The summed E-state index contributed by atoms with van der Waals surface area (Å²) in [4.78, 5) is 14.6. The second kappa shape index (κ2) is 10.5. The van der Waals surface area contributed by atoms with Crippen LogP contribution in [0.2, 0.25) is 0 Å². The molecule has 27 heavy (non-hydrogen) atoms. The molecule has 3 rings (SSSR count). The summed E-state index contributed by atoms with van der Waals surface area (Å²) >= 11 is 0. The Balaban J connectivity index is 0.00000261. The van der Waals surface area contributed by atoms with Crippen LogP contribution in [0, 0.1) is 5.92 Å². The lowest BCUT2D eigenvalue weighted by molar-refractivity contribution is -0.125.